The lowest BCUT2D eigenvalue weighted by Crippen LogP contribution is -2.12. The maximum absolute atomic E-state index is 11.3. The van der Waals surface area contributed by atoms with E-state index in [4.69, 9.17) is 9.88 Å². The number of phenols is 1. The molecule has 0 aliphatic carbocycles. The maximum Gasteiger partial charge on any atom is 0.267 e. The van der Waals surface area contributed by atoms with Crippen LogP contribution in [-0.2, 0) is 10.0 Å². The quantitative estimate of drug-likeness (QED) is 0.735. The molecule has 0 spiro atoms. The summed E-state index contributed by atoms with van der Waals surface area (Å²) in [5.41, 5.74) is 1.23. The van der Waals surface area contributed by atoms with Crippen molar-refractivity contribution in [3.8, 4) is 22.8 Å². The summed E-state index contributed by atoms with van der Waals surface area (Å²) in [6.45, 7) is 0. The minimum absolute atomic E-state index is 0.00510. The number of fused-ring (bicyclic) bond motifs is 1. The van der Waals surface area contributed by atoms with E-state index in [0.717, 1.165) is 11.3 Å². The van der Waals surface area contributed by atoms with Crippen LogP contribution in [0.25, 0.3) is 16.2 Å². The van der Waals surface area contributed by atoms with Crippen molar-refractivity contribution in [1.29, 1.82) is 0 Å². The van der Waals surface area contributed by atoms with Crippen LogP contribution in [0, 0.1) is 0 Å². The average molecular weight is 326 g/mol. The molecule has 3 rings (SSSR count). The van der Waals surface area contributed by atoms with Gasteiger partial charge in [0.25, 0.3) is 10.0 Å². The zero-order valence-corrected chi connectivity index (χ0v) is 12.3. The first kappa shape index (κ1) is 13.8. The van der Waals surface area contributed by atoms with Crippen LogP contribution >= 0.6 is 11.3 Å². The summed E-state index contributed by atoms with van der Waals surface area (Å²) in [4.78, 5) is 4.51. The molecule has 0 atom stereocenters. The first-order valence-electron chi connectivity index (χ1n) is 5.65. The molecular formula is C11H10N4O4S2. The monoisotopic (exact) mass is 326 g/mol. The highest BCUT2D eigenvalue weighted by Gasteiger charge is 2.18. The van der Waals surface area contributed by atoms with Crippen molar-refractivity contribution in [2.45, 2.75) is 4.34 Å². The Kier molecular flexibility index (Phi) is 3.08. The van der Waals surface area contributed by atoms with Gasteiger partial charge in [-0.3, -0.25) is 0 Å². The number of rotatable bonds is 3. The largest absolute Gasteiger partial charge is 0.504 e. The predicted octanol–water partition coefficient (Wildman–Crippen LogP) is 0.819. The van der Waals surface area contributed by atoms with Gasteiger partial charge >= 0.3 is 0 Å². The Balaban J connectivity index is 2.19. The van der Waals surface area contributed by atoms with Gasteiger partial charge < -0.3 is 9.84 Å². The smallest absolute Gasteiger partial charge is 0.267 e. The Morgan fingerprint density at radius 3 is 2.86 bits per heavy atom. The van der Waals surface area contributed by atoms with Crippen molar-refractivity contribution in [2.24, 2.45) is 5.14 Å². The molecule has 0 amide bonds. The lowest BCUT2D eigenvalue weighted by Gasteiger charge is -2.05. The van der Waals surface area contributed by atoms with Crippen LogP contribution in [0.2, 0.25) is 0 Å². The molecule has 21 heavy (non-hydrogen) atoms. The highest BCUT2D eigenvalue weighted by atomic mass is 32.2. The Hall–Kier alpha value is -2.17. The number of methoxy groups -OCH3 is 1. The number of primary sulfonamides is 1. The van der Waals surface area contributed by atoms with Gasteiger partial charge in [-0.15, -0.1) is 5.10 Å². The van der Waals surface area contributed by atoms with Gasteiger partial charge in [0.15, 0.2) is 11.5 Å². The summed E-state index contributed by atoms with van der Waals surface area (Å²) in [5.74, 6) is 0.301. The summed E-state index contributed by atoms with van der Waals surface area (Å²) >= 11 is 0.880. The topological polar surface area (TPSA) is 120 Å². The van der Waals surface area contributed by atoms with Gasteiger partial charge in [-0.25, -0.2) is 23.1 Å². The lowest BCUT2D eigenvalue weighted by atomic mass is 10.1. The summed E-state index contributed by atoms with van der Waals surface area (Å²) in [7, 11) is -2.43. The molecular weight excluding hydrogens is 316 g/mol. The molecule has 110 valence electrons. The average Bonchev–Trinajstić information content (AvgIpc) is 2.98. The third-order valence-electron chi connectivity index (χ3n) is 2.79. The standard InChI is InChI=1S/C11H10N4O4S2/c1-19-9-4-6(2-3-8(9)16)7-5-13-10-15(7)14-11(20-10)21(12,17)18/h2-5,16H,1H3,(H2,12,17,18). The van der Waals surface area contributed by atoms with Gasteiger partial charge in [0.05, 0.1) is 19.0 Å². The van der Waals surface area contributed by atoms with Gasteiger partial charge in [0, 0.05) is 5.56 Å². The van der Waals surface area contributed by atoms with Gasteiger partial charge in [-0.05, 0) is 18.2 Å². The van der Waals surface area contributed by atoms with Crippen molar-refractivity contribution >= 4 is 26.3 Å². The van der Waals surface area contributed by atoms with Gasteiger partial charge in [-0.2, -0.15) is 0 Å². The number of hydrogen-bond acceptors (Lipinski definition) is 7. The van der Waals surface area contributed by atoms with E-state index in [1.54, 1.807) is 18.3 Å². The van der Waals surface area contributed by atoms with Crippen molar-refractivity contribution in [3.05, 3.63) is 24.4 Å². The number of aromatic hydroxyl groups is 1. The van der Waals surface area contributed by atoms with E-state index in [1.807, 2.05) is 0 Å². The van der Waals surface area contributed by atoms with Crippen LogP contribution in [0.4, 0.5) is 0 Å². The molecule has 0 fully saturated rings. The van der Waals surface area contributed by atoms with E-state index in [2.05, 4.69) is 10.1 Å². The zero-order valence-electron chi connectivity index (χ0n) is 10.7. The number of ether oxygens (including phenoxy) is 1. The maximum atomic E-state index is 11.3. The van der Waals surface area contributed by atoms with Crippen LogP contribution in [0.5, 0.6) is 11.5 Å². The molecule has 0 saturated carbocycles. The van der Waals surface area contributed by atoms with Gasteiger partial charge in [0.2, 0.25) is 9.30 Å². The predicted molar refractivity (Wildman–Crippen MR) is 75.9 cm³/mol. The van der Waals surface area contributed by atoms with Crippen LogP contribution < -0.4 is 9.88 Å². The fraction of sp³-hybridized carbons (Fsp3) is 0.0909. The van der Waals surface area contributed by atoms with E-state index in [0.29, 0.717) is 22.0 Å². The number of aromatic nitrogens is 3. The molecule has 1 aromatic carbocycles. The lowest BCUT2D eigenvalue weighted by molar-refractivity contribution is 0.373. The Morgan fingerprint density at radius 1 is 1.43 bits per heavy atom. The summed E-state index contributed by atoms with van der Waals surface area (Å²) in [6.07, 6.45) is 1.55. The number of hydrogen-bond donors (Lipinski definition) is 2. The van der Waals surface area contributed by atoms with Crippen LogP contribution in [0.15, 0.2) is 28.7 Å². The molecule has 0 unspecified atom stereocenters. The molecule has 3 N–H and O–H groups in total. The number of phenolic OH excluding ortho intramolecular Hbond substituents is 1. The molecule has 2 heterocycles. The van der Waals surface area contributed by atoms with E-state index in [1.165, 1.54) is 17.7 Å². The fourth-order valence-corrected chi connectivity index (χ4v) is 3.32. The minimum atomic E-state index is -3.87. The summed E-state index contributed by atoms with van der Waals surface area (Å²) in [5, 5.41) is 18.6. The molecule has 0 aliphatic heterocycles. The Bertz CT molecular complexity index is 929. The van der Waals surface area contributed by atoms with Crippen molar-refractivity contribution < 1.29 is 18.3 Å². The molecule has 0 bridgehead atoms. The second kappa shape index (κ2) is 4.69. The van der Waals surface area contributed by atoms with Crippen LogP contribution in [0.3, 0.4) is 0 Å². The van der Waals surface area contributed by atoms with E-state index >= 15 is 0 Å². The van der Waals surface area contributed by atoms with Gasteiger partial charge in [0.1, 0.15) is 0 Å². The minimum Gasteiger partial charge on any atom is -0.504 e. The third kappa shape index (κ3) is 2.33. The molecule has 2 aromatic heterocycles. The number of benzene rings is 1. The molecule has 0 saturated heterocycles. The van der Waals surface area contributed by atoms with Crippen molar-refractivity contribution in [2.75, 3.05) is 7.11 Å². The molecule has 10 heteroatoms. The zero-order chi connectivity index (χ0) is 15.2. The van der Waals surface area contributed by atoms with E-state index in [-0.39, 0.29) is 10.1 Å². The number of imidazole rings is 1. The fourth-order valence-electron chi connectivity index (χ4n) is 1.82. The van der Waals surface area contributed by atoms with E-state index in [9.17, 15) is 13.5 Å². The normalized spacial score (nSPS) is 11.9. The number of nitrogens with zero attached hydrogens (tertiary/aromatic N) is 3. The highest BCUT2D eigenvalue weighted by molar-refractivity contribution is 7.91. The third-order valence-corrected chi connectivity index (χ3v) is 5.02. The Morgan fingerprint density at radius 2 is 2.19 bits per heavy atom. The van der Waals surface area contributed by atoms with E-state index < -0.39 is 10.0 Å². The molecule has 0 aliphatic rings. The molecule has 3 aromatic rings. The Labute approximate surface area is 123 Å². The SMILES string of the molecule is COc1cc(-c2cnc3sc(S(N)(=O)=O)nn23)ccc1O. The second-order valence-electron chi connectivity index (χ2n) is 4.14. The van der Waals surface area contributed by atoms with Crippen LogP contribution in [0.1, 0.15) is 0 Å². The van der Waals surface area contributed by atoms with Crippen molar-refractivity contribution in [3.63, 3.8) is 0 Å². The number of sulfonamides is 1. The highest BCUT2D eigenvalue weighted by Crippen LogP contribution is 2.32. The first-order chi connectivity index (χ1) is 9.90. The number of nitrogens with two attached hydrogens (primary N) is 1. The molecule has 0 radical (unpaired) electrons. The first-order valence-corrected chi connectivity index (χ1v) is 8.01. The van der Waals surface area contributed by atoms with Crippen LogP contribution in [-0.4, -0.2) is 35.2 Å². The molecule has 8 nitrogen and oxygen atoms in total. The second-order valence-corrected chi connectivity index (χ2v) is 6.83. The van der Waals surface area contributed by atoms with Crippen molar-refractivity contribution in [1.82, 2.24) is 14.6 Å². The summed E-state index contributed by atoms with van der Waals surface area (Å²) < 4.78 is 28.9. The summed E-state index contributed by atoms with van der Waals surface area (Å²) in [6, 6.07) is 4.73. The van der Waals surface area contributed by atoms with Gasteiger partial charge in [-0.1, -0.05) is 11.3 Å².